The van der Waals surface area contributed by atoms with Crippen LogP contribution in [-0.4, -0.2) is 59.2 Å². The summed E-state index contributed by atoms with van der Waals surface area (Å²) in [5, 5.41) is 20.9. The van der Waals surface area contributed by atoms with E-state index < -0.39 is 25.9 Å². The van der Waals surface area contributed by atoms with E-state index >= 15 is 0 Å². The van der Waals surface area contributed by atoms with E-state index in [-0.39, 0.29) is 42.9 Å². The number of unbranched alkanes of at least 4 members (excludes halogenated alkanes) is 1. The van der Waals surface area contributed by atoms with Crippen molar-refractivity contribution in [2.24, 2.45) is 0 Å². The van der Waals surface area contributed by atoms with Crippen LogP contribution < -0.4 is 15.3 Å². The SMILES string of the molecule is CN(CCCCCl)P(=O)(OCc1ccc(NOO)o1)Oc1ccc(C[C@H](NC(=O)OCC2c3ccccc3-c3ccccc32)C(=O)O)cc1. The Kier molecular flexibility index (Phi) is 12.4. The van der Waals surface area contributed by atoms with Gasteiger partial charge in [0.25, 0.3) is 0 Å². The Morgan fingerprint density at radius 2 is 1.65 bits per heavy atom. The summed E-state index contributed by atoms with van der Waals surface area (Å²) in [5.41, 5.74) is 6.97. The Balaban J connectivity index is 1.19. The van der Waals surface area contributed by atoms with Gasteiger partial charge in [-0.1, -0.05) is 60.7 Å². The molecule has 0 fully saturated rings. The number of anilines is 1. The van der Waals surface area contributed by atoms with E-state index in [1.165, 1.54) is 22.9 Å². The fourth-order valence-corrected chi connectivity index (χ4v) is 7.13. The fraction of sp³-hybridized carbons (Fsp3) is 0.294. The van der Waals surface area contributed by atoms with Crippen molar-refractivity contribution in [3.05, 3.63) is 107 Å². The molecule has 3 aromatic carbocycles. The zero-order valence-electron chi connectivity index (χ0n) is 26.6. The van der Waals surface area contributed by atoms with Gasteiger partial charge in [0, 0.05) is 30.8 Å². The number of carboxylic acid groups (broad SMARTS) is 1. The molecular formula is C34H37ClN3O10P. The molecule has 13 nitrogen and oxygen atoms in total. The Bertz CT molecular complexity index is 1720. The molecule has 0 bridgehead atoms. The highest BCUT2D eigenvalue weighted by molar-refractivity contribution is 7.51. The number of carbonyl (C=O) groups excluding carboxylic acids is 1. The summed E-state index contributed by atoms with van der Waals surface area (Å²) in [6.07, 6.45) is 0.460. The number of amides is 1. The molecule has 1 aliphatic rings. The number of hydrogen-bond acceptors (Lipinski definition) is 10. The first-order chi connectivity index (χ1) is 23.7. The van der Waals surface area contributed by atoms with Gasteiger partial charge in [-0.05, 0) is 65.9 Å². The van der Waals surface area contributed by atoms with Gasteiger partial charge in [0.2, 0.25) is 5.88 Å². The smallest absolute Gasteiger partial charge is 0.461 e. The lowest BCUT2D eigenvalue weighted by molar-refractivity contribution is -0.217. The van der Waals surface area contributed by atoms with Gasteiger partial charge in [-0.15, -0.1) is 16.6 Å². The molecule has 15 heteroatoms. The van der Waals surface area contributed by atoms with Gasteiger partial charge < -0.3 is 24.1 Å². The maximum Gasteiger partial charge on any atom is 0.461 e. The number of ether oxygens (including phenoxy) is 1. The second-order valence-electron chi connectivity index (χ2n) is 11.3. The van der Waals surface area contributed by atoms with Crippen LogP contribution in [0.1, 0.15) is 41.2 Å². The number of halogens is 1. The maximum absolute atomic E-state index is 13.9. The van der Waals surface area contributed by atoms with E-state index in [1.54, 1.807) is 25.2 Å². The first kappa shape index (κ1) is 35.9. The van der Waals surface area contributed by atoms with E-state index in [9.17, 15) is 19.3 Å². The molecule has 4 aromatic rings. The fourth-order valence-electron chi connectivity index (χ4n) is 5.49. The summed E-state index contributed by atoms with van der Waals surface area (Å²) in [7, 11) is -2.32. The number of hydrogen-bond donors (Lipinski definition) is 4. The maximum atomic E-state index is 13.9. The van der Waals surface area contributed by atoms with Crippen LogP contribution >= 0.6 is 19.3 Å². The number of aliphatic carboxylic acids is 1. The molecule has 5 rings (SSSR count). The van der Waals surface area contributed by atoms with Crippen molar-refractivity contribution in [2.45, 2.75) is 37.8 Å². The van der Waals surface area contributed by atoms with Crippen molar-refractivity contribution in [3.63, 3.8) is 0 Å². The summed E-state index contributed by atoms with van der Waals surface area (Å²) < 4.78 is 37.9. The lowest BCUT2D eigenvalue weighted by Crippen LogP contribution is -2.42. The molecule has 0 radical (unpaired) electrons. The Morgan fingerprint density at radius 3 is 2.29 bits per heavy atom. The number of furan rings is 1. The molecule has 1 amide bonds. The molecule has 4 N–H and O–H groups in total. The van der Waals surface area contributed by atoms with Gasteiger partial charge >= 0.3 is 19.8 Å². The third-order valence-corrected chi connectivity index (χ3v) is 10.2. The van der Waals surface area contributed by atoms with E-state index in [4.69, 9.17) is 35.1 Å². The highest BCUT2D eigenvalue weighted by Gasteiger charge is 2.34. The number of rotatable bonds is 18. The lowest BCUT2D eigenvalue weighted by Gasteiger charge is -2.27. The highest BCUT2D eigenvalue weighted by atomic mass is 35.5. The zero-order chi connectivity index (χ0) is 34.8. The predicted molar refractivity (Wildman–Crippen MR) is 181 cm³/mol. The molecule has 1 aliphatic carbocycles. The average Bonchev–Trinajstić information content (AvgIpc) is 3.69. The van der Waals surface area contributed by atoms with Gasteiger partial charge in [-0.25, -0.2) is 29.6 Å². The summed E-state index contributed by atoms with van der Waals surface area (Å²) in [4.78, 5) is 28.7. The molecule has 0 saturated carbocycles. The minimum atomic E-state index is -3.92. The Hall–Kier alpha value is -4.36. The average molecular weight is 714 g/mol. The van der Waals surface area contributed by atoms with Crippen LogP contribution in [0.5, 0.6) is 5.75 Å². The predicted octanol–water partition coefficient (Wildman–Crippen LogP) is 7.29. The molecule has 1 aromatic heterocycles. The Labute approximate surface area is 288 Å². The number of benzene rings is 3. The van der Waals surface area contributed by atoms with Crippen molar-refractivity contribution >= 4 is 37.3 Å². The summed E-state index contributed by atoms with van der Waals surface area (Å²) in [6, 6.07) is 23.9. The first-order valence-corrected chi connectivity index (χ1v) is 17.5. The van der Waals surface area contributed by atoms with Crippen molar-refractivity contribution in [1.29, 1.82) is 0 Å². The second-order valence-corrected chi connectivity index (χ2v) is 13.7. The molecule has 1 unspecified atom stereocenters. The minimum Gasteiger partial charge on any atom is -0.480 e. The van der Waals surface area contributed by atoms with Gasteiger partial charge in [0.05, 0.1) is 0 Å². The number of nitrogens with one attached hydrogen (secondary N) is 2. The van der Waals surface area contributed by atoms with Gasteiger partial charge in [-0.3, -0.25) is 4.52 Å². The minimum absolute atomic E-state index is 0.0429. The number of alkyl carbamates (subject to hydrolysis) is 1. The highest BCUT2D eigenvalue weighted by Crippen LogP contribution is 2.52. The summed E-state index contributed by atoms with van der Waals surface area (Å²) in [6.45, 7) is 0.201. The van der Waals surface area contributed by atoms with Crippen molar-refractivity contribution in [1.82, 2.24) is 9.99 Å². The van der Waals surface area contributed by atoms with E-state index in [2.05, 4.69) is 15.8 Å². The molecule has 1 heterocycles. The first-order valence-electron chi connectivity index (χ1n) is 15.5. The molecule has 2 atom stereocenters. The number of nitrogens with zero attached hydrogens (tertiary/aromatic N) is 1. The topological polar surface area (TPSA) is 169 Å². The Morgan fingerprint density at radius 1 is 0.980 bits per heavy atom. The van der Waals surface area contributed by atoms with Gasteiger partial charge in [0.15, 0.2) is 0 Å². The lowest BCUT2D eigenvalue weighted by atomic mass is 9.98. The van der Waals surface area contributed by atoms with Crippen molar-refractivity contribution in [2.75, 3.05) is 31.6 Å². The third-order valence-electron chi connectivity index (χ3n) is 7.98. The zero-order valence-corrected chi connectivity index (χ0v) is 28.3. The molecule has 260 valence electrons. The summed E-state index contributed by atoms with van der Waals surface area (Å²) >= 11 is 5.81. The van der Waals surface area contributed by atoms with Crippen LogP contribution in [0, 0.1) is 0 Å². The van der Waals surface area contributed by atoms with Crippen LogP contribution in [0.2, 0.25) is 0 Å². The molecule has 49 heavy (non-hydrogen) atoms. The van der Waals surface area contributed by atoms with Gasteiger partial charge in [0.1, 0.15) is 30.8 Å². The normalized spacial score (nSPS) is 14.0. The molecule has 0 aliphatic heterocycles. The van der Waals surface area contributed by atoms with E-state index in [1.807, 2.05) is 48.5 Å². The van der Waals surface area contributed by atoms with Crippen LogP contribution in [0.3, 0.4) is 0 Å². The third kappa shape index (κ3) is 9.21. The molecule has 0 saturated heterocycles. The number of alkyl halides is 1. The standard InChI is InChI=1S/C34H37ClN3O10P/c1-38(19-7-6-18-35)49(43,45-21-25-16-17-32(46-25)37-48-42)47-24-14-12-23(13-15-24)20-31(33(39)40)36-34(41)44-22-30-28-10-4-2-8-26(28)27-9-3-5-11-29(27)30/h2-5,8-17,30-31,37,42H,6-7,18-22H2,1H3,(H,36,41)(H,39,40)/t31-,49?/m0/s1. The number of fused-ring (bicyclic) bond motifs is 3. The van der Waals surface area contributed by atoms with Crippen molar-refractivity contribution in [3.8, 4) is 16.9 Å². The monoisotopic (exact) mass is 713 g/mol. The van der Waals surface area contributed by atoms with E-state index in [0.717, 1.165) is 22.3 Å². The molecular weight excluding hydrogens is 677 g/mol. The van der Waals surface area contributed by atoms with E-state index in [0.29, 0.717) is 30.8 Å². The number of carbonyl (C=O) groups is 2. The van der Waals surface area contributed by atoms with Gasteiger partial charge in [-0.2, -0.15) is 0 Å². The van der Waals surface area contributed by atoms with Crippen molar-refractivity contribution < 1.29 is 47.7 Å². The largest absolute Gasteiger partial charge is 0.480 e. The molecule has 0 spiro atoms. The van der Waals surface area contributed by atoms with Crippen LogP contribution in [0.25, 0.3) is 11.1 Å². The van der Waals surface area contributed by atoms with Crippen LogP contribution in [0.15, 0.2) is 89.3 Å². The van der Waals surface area contributed by atoms with Crippen LogP contribution in [0.4, 0.5) is 10.7 Å². The number of carboxylic acids is 1. The second kappa shape index (κ2) is 16.8. The quantitative estimate of drug-likeness (QED) is 0.0268. The summed E-state index contributed by atoms with van der Waals surface area (Å²) in [5.74, 6) is -0.339. The van der Waals surface area contributed by atoms with Crippen LogP contribution in [-0.2, 0) is 36.6 Å².